The third-order valence-electron chi connectivity index (χ3n) is 1.81. The summed E-state index contributed by atoms with van der Waals surface area (Å²) in [6, 6.07) is 8.03. The van der Waals surface area contributed by atoms with Gasteiger partial charge in [-0.3, -0.25) is 0 Å². The van der Waals surface area contributed by atoms with Gasteiger partial charge >= 0.3 is 0 Å². The molecule has 1 heteroatoms. The van der Waals surface area contributed by atoms with Crippen LogP contribution in [-0.2, 0) is 0 Å². The molecule has 0 aliphatic carbocycles. The largest absolute Gasteiger partial charge is 0.396 e. The molecule has 0 saturated heterocycles. The highest BCUT2D eigenvalue weighted by Crippen LogP contribution is 2.11. The van der Waals surface area contributed by atoms with Crippen LogP contribution in [0.1, 0.15) is 17.5 Å². The second-order valence-corrected chi connectivity index (χ2v) is 2.75. The normalized spacial score (nSPS) is 10.5. The maximum atomic E-state index is 8.60. The fourth-order valence-electron chi connectivity index (χ4n) is 1.13. The van der Waals surface area contributed by atoms with Gasteiger partial charge in [0.15, 0.2) is 0 Å². The SMILES string of the molecule is C=Cc1ccccc1C=CCCO. The van der Waals surface area contributed by atoms with Crippen LogP contribution in [0.2, 0.25) is 0 Å². The zero-order chi connectivity index (χ0) is 9.52. The number of hydrogen-bond donors (Lipinski definition) is 1. The molecule has 0 heterocycles. The maximum Gasteiger partial charge on any atom is 0.0465 e. The Hall–Kier alpha value is -1.34. The lowest BCUT2D eigenvalue weighted by atomic mass is 10.1. The van der Waals surface area contributed by atoms with E-state index in [1.54, 1.807) is 0 Å². The van der Waals surface area contributed by atoms with E-state index in [0.29, 0.717) is 6.42 Å². The molecule has 0 aliphatic heterocycles. The predicted molar refractivity (Wildman–Crippen MR) is 57.3 cm³/mol. The van der Waals surface area contributed by atoms with Crippen molar-refractivity contribution < 1.29 is 5.11 Å². The molecule has 1 N–H and O–H groups in total. The molecule has 1 aromatic carbocycles. The van der Waals surface area contributed by atoms with Crippen molar-refractivity contribution in [1.29, 1.82) is 0 Å². The third kappa shape index (κ3) is 2.88. The predicted octanol–water partition coefficient (Wildman–Crippen LogP) is 2.73. The van der Waals surface area contributed by atoms with Crippen LogP contribution >= 0.6 is 0 Å². The van der Waals surface area contributed by atoms with E-state index in [4.69, 9.17) is 5.11 Å². The summed E-state index contributed by atoms with van der Waals surface area (Å²) in [5.41, 5.74) is 2.27. The van der Waals surface area contributed by atoms with E-state index in [9.17, 15) is 0 Å². The molecule has 1 nitrogen and oxygen atoms in total. The molecular weight excluding hydrogens is 160 g/mol. The number of hydrogen-bond acceptors (Lipinski definition) is 1. The summed E-state index contributed by atoms with van der Waals surface area (Å²) >= 11 is 0. The van der Waals surface area contributed by atoms with E-state index >= 15 is 0 Å². The molecular formula is C12H14O. The van der Waals surface area contributed by atoms with Gasteiger partial charge in [-0.1, -0.05) is 49.1 Å². The minimum absolute atomic E-state index is 0.201. The summed E-state index contributed by atoms with van der Waals surface area (Å²) in [4.78, 5) is 0. The molecule has 1 aromatic rings. The molecule has 68 valence electrons. The average molecular weight is 174 g/mol. The van der Waals surface area contributed by atoms with Crippen LogP contribution in [-0.4, -0.2) is 11.7 Å². The van der Waals surface area contributed by atoms with E-state index in [2.05, 4.69) is 6.58 Å². The van der Waals surface area contributed by atoms with Gasteiger partial charge in [-0.05, 0) is 17.5 Å². The third-order valence-corrected chi connectivity index (χ3v) is 1.81. The zero-order valence-electron chi connectivity index (χ0n) is 7.61. The molecule has 0 aromatic heterocycles. The van der Waals surface area contributed by atoms with Crippen LogP contribution in [0.15, 0.2) is 36.9 Å². The number of aliphatic hydroxyl groups is 1. The van der Waals surface area contributed by atoms with Gasteiger partial charge in [-0.15, -0.1) is 0 Å². The Bertz CT molecular complexity index is 300. The van der Waals surface area contributed by atoms with Crippen molar-refractivity contribution in [2.75, 3.05) is 6.61 Å². The van der Waals surface area contributed by atoms with Gasteiger partial charge < -0.3 is 5.11 Å². The fourth-order valence-corrected chi connectivity index (χ4v) is 1.13. The minimum atomic E-state index is 0.201. The highest BCUT2D eigenvalue weighted by molar-refractivity contribution is 5.64. The summed E-state index contributed by atoms with van der Waals surface area (Å²) in [7, 11) is 0. The fraction of sp³-hybridized carbons (Fsp3) is 0.167. The summed E-state index contributed by atoms with van der Waals surface area (Å²) in [6.45, 7) is 3.94. The molecule has 0 radical (unpaired) electrons. The van der Waals surface area contributed by atoms with Crippen LogP contribution in [0, 0.1) is 0 Å². The van der Waals surface area contributed by atoms with Crippen LogP contribution in [0.5, 0.6) is 0 Å². The van der Waals surface area contributed by atoms with E-state index in [0.717, 1.165) is 11.1 Å². The number of aliphatic hydroxyl groups excluding tert-OH is 1. The van der Waals surface area contributed by atoms with Gasteiger partial charge in [0.2, 0.25) is 0 Å². The first-order valence-corrected chi connectivity index (χ1v) is 4.37. The molecule has 0 bridgehead atoms. The van der Waals surface area contributed by atoms with Crippen LogP contribution in [0.4, 0.5) is 0 Å². The first-order valence-electron chi connectivity index (χ1n) is 4.37. The molecule has 13 heavy (non-hydrogen) atoms. The Balaban J connectivity index is 2.80. The van der Waals surface area contributed by atoms with Crippen LogP contribution < -0.4 is 0 Å². The van der Waals surface area contributed by atoms with Crippen molar-refractivity contribution in [3.05, 3.63) is 48.0 Å². The molecule has 0 saturated carbocycles. The van der Waals surface area contributed by atoms with Crippen molar-refractivity contribution in [1.82, 2.24) is 0 Å². The smallest absolute Gasteiger partial charge is 0.0465 e. The molecule has 0 spiro atoms. The van der Waals surface area contributed by atoms with Crippen LogP contribution in [0.3, 0.4) is 0 Å². The summed E-state index contributed by atoms with van der Waals surface area (Å²) < 4.78 is 0. The lowest BCUT2D eigenvalue weighted by Crippen LogP contribution is -1.80. The monoisotopic (exact) mass is 174 g/mol. The standard InChI is InChI=1S/C12H14O/c1-2-11-7-3-4-8-12(11)9-5-6-10-13/h2-5,7-9,13H,1,6,10H2. The Morgan fingerprint density at radius 3 is 2.54 bits per heavy atom. The molecule has 0 aliphatic rings. The molecule has 0 fully saturated rings. The second kappa shape index (κ2) is 5.33. The van der Waals surface area contributed by atoms with Gasteiger partial charge in [0.05, 0.1) is 0 Å². The number of rotatable bonds is 4. The van der Waals surface area contributed by atoms with Crippen molar-refractivity contribution in [2.45, 2.75) is 6.42 Å². The van der Waals surface area contributed by atoms with Gasteiger partial charge in [0, 0.05) is 6.61 Å². The van der Waals surface area contributed by atoms with Gasteiger partial charge in [-0.2, -0.15) is 0 Å². The topological polar surface area (TPSA) is 20.2 Å². The number of benzene rings is 1. The Morgan fingerprint density at radius 2 is 1.92 bits per heavy atom. The Labute approximate surface area is 79.0 Å². The average Bonchev–Trinajstić information content (AvgIpc) is 2.19. The summed E-state index contributed by atoms with van der Waals surface area (Å²) in [6.07, 6.45) is 6.50. The van der Waals surface area contributed by atoms with Crippen molar-refractivity contribution in [2.24, 2.45) is 0 Å². The van der Waals surface area contributed by atoms with Gasteiger partial charge in [0.25, 0.3) is 0 Å². The molecule has 0 amide bonds. The molecule has 0 atom stereocenters. The highest BCUT2D eigenvalue weighted by Gasteiger charge is 1.91. The van der Waals surface area contributed by atoms with Crippen molar-refractivity contribution >= 4 is 12.2 Å². The van der Waals surface area contributed by atoms with E-state index < -0.39 is 0 Å². The Kier molecular flexibility index (Phi) is 4.00. The lowest BCUT2D eigenvalue weighted by Gasteiger charge is -1.98. The minimum Gasteiger partial charge on any atom is -0.396 e. The van der Waals surface area contributed by atoms with E-state index in [-0.39, 0.29) is 6.61 Å². The van der Waals surface area contributed by atoms with E-state index in [1.165, 1.54) is 0 Å². The first kappa shape index (κ1) is 9.75. The van der Waals surface area contributed by atoms with Crippen LogP contribution in [0.25, 0.3) is 12.2 Å². The highest BCUT2D eigenvalue weighted by atomic mass is 16.2. The quantitative estimate of drug-likeness (QED) is 0.744. The summed E-state index contributed by atoms with van der Waals surface area (Å²) in [5, 5.41) is 8.60. The second-order valence-electron chi connectivity index (χ2n) is 2.75. The Morgan fingerprint density at radius 1 is 1.23 bits per heavy atom. The maximum absolute atomic E-state index is 8.60. The van der Waals surface area contributed by atoms with Gasteiger partial charge in [-0.25, -0.2) is 0 Å². The van der Waals surface area contributed by atoms with Crippen molar-refractivity contribution in [3.8, 4) is 0 Å². The van der Waals surface area contributed by atoms with E-state index in [1.807, 2.05) is 42.5 Å². The summed E-state index contributed by atoms with van der Waals surface area (Å²) in [5.74, 6) is 0. The molecule has 1 rings (SSSR count). The van der Waals surface area contributed by atoms with Crippen molar-refractivity contribution in [3.63, 3.8) is 0 Å². The lowest BCUT2D eigenvalue weighted by molar-refractivity contribution is 0.303. The molecule has 0 unspecified atom stereocenters. The first-order chi connectivity index (χ1) is 6.38. The zero-order valence-corrected chi connectivity index (χ0v) is 7.61. The van der Waals surface area contributed by atoms with Gasteiger partial charge in [0.1, 0.15) is 0 Å².